The van der Waals surface area contributed by atoms with Gasteiger partial charge in [-0.05, 0) is 38.1 Å². The third-order valence-electron chi connectivity index (χ3n) is 3.43. The fourth-order valence-electron chi connectivity index (χ4n) is 2.40. The molecule has 2 aromatic heterocycles. The van der Waals surface area contributed by atoms with E-state index in [4.69, 9.17) is 0 Å². The molecule has 0 aliphatic rings. The van der Waals surface area contributed by atoms with E-state index in [1.165, 1.54) is 11.3 Å². The number of fused-ring (bicyclic) bond motifs is 1. The Balaban J connectivity index is 1.67. The minimum absolute atomic E-state index is 0.00447. The number of aryl methyl sites for hydroxylation is 2. The average Bonchev–Trinajstić information content (AvgIpc) is 3.03. The molecular weight excluding hydrogens is 282 g/mol. The zero-order valence-electron chi connectivity index (χ0n) is 12.1. The number of aromatic nitrogens is 2. The van der Waals surface area contributed by atoms with Crippen molar-refractivity contribution in [3.63, 3.8) is 0 Å². The summed E-state index contributed by atoms with van der Waals surface area (Å²) in [4.78, 5) is 18.4. The summed E-state index contributed by atoms with van der Waals surface area (Å²) in [6, 6.07) is 11.9. The van der Waals surface area contributed by atoms with Crippen LogP contribution >= 0.6 is 11.3 Å². The van der Waals surface area contributed by atoms with Crippen LogP contribution in [0.15, 0.2) is 36.4 Å². The first-order chi connectivity index (χ1) is 10.1. The molecule has 5 heteroatoms. The minimum atomic E-state index is -0.00447. The van der Waals surface area contributed by atoms with Crippen molar-refractivity contribution in [2.45, 2.75) is 20.4 Å². The summed E-state index contributed by atoms with van der Waals surface area (Å²) >= 11 is 1.52. The van der Waals surface area contributed by atoms with Crippen molar-refractivity contribution in [2.24, 2.45) is 0 Å². The second-order valence-corrected chi connectivity index (χ2v) is 6.25. The Morgan fingerprint density at radius 3 is 2.81 bits per heavy atom. The van der Waals surface area contributed by atoms with Gasteiger partial charge in [0.05, 0.1) is 15.9 Å². The molecule has 4 nitrogen and oxygen atoms in total. The molecule has 3 rings (SSSR count). The summed E-state index contributed by atoms with van der Waals surface area (Å²) in [5.41, 5.74) is 2.10. The molecule has 0 saturated heterocycles. The number of amides is 1. The van der Waals surface area contributed by atoms with E-state index in [0.717, 1.165) is 33.2 Å². The molecule has 0 radical (unpaired) electrons. The highest BCUT2D eigenvalue weighted by Crippen LogP contribution is 2.16. The number of nitrogens with zero attached hydrogens (tertiary/aromatic N) is 2. The van der Waals surface area contributed by atoms with Crippen LogP contribution in [0.1, 0.15) is 20.4 Å². The quantitative estimate of drug-likeness (QED) is 0.804. The zero-order valence-corrected chi connectivity index (χ0v) is 12.9. The topological polar surface area (TPSA) is 46.9 Å². The number of imidazole rings is 1. The van der Waals surface area contributed by atoms with E-state index in [0.29, 0.717) is 6.54 Å². The molecule has 1 aromatic carbocycles. The molecule has 0 aliphatic carbocycles. The van der Waals surface area contributed by atoms with Crippen LogP contribution < -0.4 is 5.32 Å². The molecule has 2 heterocycles. The monoisotopic (exact) mass is 299 g/mol. The molecule has 108 valence electrons. The lowest BCUT2D eigenvalue weighted by Gasteiger charge is -2.08. The molecule has 21 heavy (non-hydrogen) atoms. The Kier molecular flexibility index (Phi) is 3.75. The number of rotatable bonds is 4. The number of hydrogen-bond donors (Lipinski definition) is 1. The van der Waals surface area contributed by atoms with E-state index in [9.17, 15) is 4.79 Å². The summed E-state index contributed by atoms with van der Waals surface area (Å²) in [6.45, 7) is 5.31. The van der Waals surface area contributed by atoms with Gasteiger partial charge in [0.25, 0.3) is 5.91 Å². The molecule has 0 atom stereocenters. The standard InChI is InChI=1S/C16H17N3OS/c1-11-7-8-15(21-11)16(20)17-9-10-19-12(2)18-13-5-3-4-6-14(13)19/h3-8H,9-10H2,1-2H3,(H,17,20). The molecule has 0 saturated carbocycles. The number of benzene rings is 1. The Morgan fingerprint density at radius 2 is 2.05 bits per heavy atom. The number of thiophene rings is 1. The minimum Gasteiger partial charge on any atom is -0.350 e. The summed E-state index contributed by atoms with van der Waals surface area (Å²) < 4.78 is 2.13. The highest BCUT2D eigenvalue weighted by molar-refractivity contribution is 7.13. The Hall–Kier alpha value is -2.14. The molecule has 1 amide bonds. The summed E-state index contributed by atoms with van der Waals surface area (Å²) in [5, 5.41) is 2.97. The normalized spacial score (nSPS) is 11.0. The van der Waals surface area contributed by atoms with Gasteiger partial charge in [0, 0.05) is 18.0 Å². The lowest BCUT2D eigenvalue weighted by atomic mass is 10.3. The number of nitrogens with one attached hydrogen (secondary N) is 1. The largest absolute Gasteiger partial charge is 0.350 e. The Bertz CT molecular complexity index is 788. The third kappa shape index (κ3) is 2.83. The zero-order chi connectivity index (χ0) is 14.8. The van der Waals surface area contributed by atoms with E-state index in [2.05, 4.69) is 20.9 Å². The third-order valence-corrected chi connectivity index (χ3v) is 4.43. The van der Waals surface area contributed by atoms with Crippen molar-refractivity contribution in [2.75, 3.05) is 6.54 Å². The summed E-state index contributed by atoms with van der Waals surface area (Å²) in [7, 11) is 0. The van der Waals surface area contributed by atoms with Crippen molar-refractivity contribution in [1.29, 1.82) is 0 Å². The van der Waals surface area contributed by atoms with E-state index >= 15 is 0 Å². The number of para-hydroxylation sites is 2. The molecule has 3 aromatic rings. The first-order valence-corrected chi connectivity index (χ1v) is 7.73. The van der Waals surface area contributed by atoms with Crippen LogP contribution in [0, 0.1) is 13.8 Å². The van der Waals surface area contributed by atoms with E-state index in [1.807, 2.05) is 44.2 Å². The maximum Gasteiger partial charge on any atom is 0.261 e. The molecular formula is C16H17N3OS. The van der Waals surface area contributed by atoms with Gasteiger partial charge in [-0.3, -0.25) is 4.79 Å². The van der Waals surface area contributed by atoms with Gasteiger partial charge in [0.15, 0.2) is 0 Å². The van der Waals surface area contributed by atoms with Gasteiger partial charge in [-0.2, -0.15) is 0 Å². The van der Waals surface area contributed by atoms with Crippen LogP contribution in [-0.2, 0) is 6.54 Å². The SMILES string of the molecule is Cc1ccc(C(=O)NCCn2c(C)nc3ccccc32)s1. The highest BCUT2D eigenvalue weighted by atomic mass is 32.1. The van der Waals surface area contributed by atoms with Crippen LogP contribution in [-0.4, -0.2) is 22.0 Å². The van der Waals surface area contributed by atoms with Crippen molar-refractivity contribution in [3.8, 4) is 0 Å². The van der Waals surface area contributed by atoms with Gasteiger partial charge in [0.1, 0.15) is 5.82 Å². The molecule has 0 aliphatic heterocycles. The molecule has 0 spiro atoms. The van der Waals surface area contributed by atoms with E-state index < -0.39 is 0 Å². The fraction of sp³-hybridized carbons (Fsp3) is 0.250. The second-order valence-electron chi connectivity index (χ2n) is 4.97. The van der Waals surface area contributed by atoms with Gasteiger partial charge in [-0.1, -0.05) is 12.1 Å². The number of carbonyl (C=O) groups excluding carboxylic acids is 1. The fourth-order valence-corrected chi connectivity index (χ4v) is 3.19. The van der Waals surface area contributed by atoms with Crippen molar-refractivity contribution in [3.05, 3.63) is 52.0 Å². The lowest BCUT2D eigenvalue weighted by molar-refractivity contribution is 0.0956. The van der Waals surface area contributed by atoms with Crippen LogP contribution in [0.2, 0.25) is 0 Å². The van der Waals surface area contributed by atoms with Gasteiger partial charge >= 0.3 is 0 Å². The molecule has 1 N–H and O–H groups in total. The van der Waals surface area contributed by atoms with Gasteiger partial charge < -0.3 is 9.88 Å². The van der Waals surface area contributed by atoms with Crippen molar-refractivity contribution < 1.29 is 4.79 Å². The van der Waals surface area contributed by atoms with E-state index in [-0.39, 0.29) is 5.91 Å². The van der Waals surface area contributed by atoms with Crippen LogP contribution in [0.4, 0.5) is 0 Å². The highest BCUT2D eigenvalue weighted by Gasteiger charge is 2.09. The predicted molar refractivity (Wildman–Crippen MR) is 85.9 cm³/mol. The number of hydrogen-bond acceptors (Lipinski definition) is 3. The van der Waals surface area contributed by atoms with E-state index in [1.54, 1.807) is 0 Å². The molecule has 0 unspecified atom stereocenters. The van der Waals surface area contributed by atoms with Crippen molar-refractivity contribution >= 4 is 28.3 Å². The van der Waals surface area contributed by atoms with Gasteiger partial charge in [-0.15, -0.1) is 11.3 Å². The van der Waals surface area contributed by atoms with Gasteiger partial charge in [-0.25, -0.2) is 4.98 Å². The van der Waals surface area contributed by atoms with Crippen LogP contribution in [0.25, 0.3) is 11.0 Å². The summed E-state index contributed by atoms with van der Waals surface area (Å²) in [6.07, 6.45) is 0. The lowest BCUT2D eigenvalue weighted by Crippen LogP contribution is -2.26. The average molecular weight is 299 g/mol. The molecule has 0 bridgehead atoms. The first-order valence-electron chi connectivity index (χ1n) is 6.91. The molecule has 0 fully saturated rings. The Morgan fingerprint density at radius 1 is 1.24 bits per heavy atom. The number of carbonyl (C=O) groups is 1. The maximum absolute atomic E-state index is 12.0. The first kappa shape index (κ1) is 13.8. The maximum atomic E-state index is 12.0. The Labute approximate surface area is 127 Å². The predicted octanol–water partition coefficient (Wildman–Crippen LogP) is 3.14. The van der Waals surface area contributed by atoms with Gasteiger partial charge in [0.2, 0.25) is 0 Å². The smallest absolute Gasteiger partial charge is 0.261 e. The van der Waals surface area contributed by atoms with Crippen LogP contribution in [0.3, 0.4) is 0 Å². The van der Waals surface area contributed by atoms with Crippen LogP contribution in [0.5, 0.6) is 0 Å². The van der Waals surface area contributed by atoms with Crippen molar-refractivity contribution in [1.82, 2.24) is 14.9 Å². The summed E-state index contributed by atoms with van der Waals surface area (Å²) in [5.74, 6) is 0.965. The second kappa shape index (κ2) is 5.69.